The highest BCUT2D eigenvalue weighted by Gasteiger charge is 2.49. The van der Waals surface area contributed by atoms with Crippen molar-refractivity contribution in [3.8, 4) is 0 Å². The molecule has 0 bridgehead atoms. The number of nitrogens with zero attached hydrogens (tertiary/aromatic N) is 4. The minimum absolute atomic E-state index is 0.0541. The van der Waals surface area contributed by atoms with Gasteiger partial charge in [-0.1, -0.05) is 6.92 Å². The molecule has 0 aromatic rings. The third-order valence-electron chi connectivity index (χ3n) is 5.62. The molecule has 0 aromatic carbocycles. The summed E-state index contributed by atoms with van der Waals surface area (Å²) >= 11 is 0. The maximum absolute atomic E-state index is 12.4. The fourth-order valence-electron chi connectivity index (χ4n) is 3.78. The van der Waals surface area contributed by atoms with Crippen molar-refractivity contribution < 1.29 is 9.53 Å². The Balaban J connectivity index is 1.46. The Morgan fingerprint density at radius 2 is 1.86 bits per heavy atom. The number of carbonyl (C=O) groups is 1. The molecule has 3 aliphatic rings. The van der Waals surface area contributed by atoms with Crippen LogP contribution < -0.4 is 0 Å². The van der Waals surface area contributed by atoms with Crippen LogP contribution >= 0.6 is 0 Å². The standard InChI is InChI=1S/C16H30N4O2/c1-4-19-11-16(12-19)13-22-14(10-18(16)3)9-15(21)20-7-5-17(2)6-8-20/h14H,4-13H2,1-3H3. The molecule has 6 heteroatoms. The molecule has 0 aliphatic carbocycles. The fourth-order valence-corrected chi connectivity index (χ4v) is 3.78. The molecule has 1 amide bonds. The van der Waals surface area contributed by atoms with Crippen LogP contribution in [0.15, 0.2) is 0 Å². The minimum Gasteiger partial charge on any atom is -0.374 e. The van der Waals surface area contributed by atoms with Gasteiger partial charge in [-0.05, 0) is 20.6 Å². The lowest BCUT2D eigenvalue weighted by atomic mass is 9.87. The first-order valence-electron chi connectivity index (χ1n) is 8.54. The van der Waals surface area contributed by atoms with Crippen molar-refractivity contribution in [2.75, 3.05) is 73.1 Å². The van der Waals surface area contributed by atoms with E-state index in [1.54, 1.807) is 0 Å². The summed E-state index contributed by atoms with van der Waals surface area (Å²) in [6, 6.07) is 0. The smallest absolute Gasteiger partial charge is 0.225 e. The lowest BCUT2D eigenvalue weighted by Crippen LogP contribution is -2.74. The van der Waals surface area contributed by atoms with E-state index in [0.29, 0.717) is 6.42 Å². The highest BCUT2D eigenvalue weighted by molar-refractivity contribution is 5.76. The van der Waals surface area contributed by atoms with Gasteiger partial charge in [0.2, 0.25) is 5.91 Å². The largest absolute Gasteiger partial charge is 0.374 e. The van der Waals surface area contributed by atoms with Gasteiger partial charge in [0.05, 0.1) is 24.7 Å². The van der Waals surface area contributed by atoms with Crippen LogP contribution in [0.1, 0.15) is 13.3 Å². The molecule has 126 valence electrons. The highest BCUT2D eigenvalue weighted by atomic mass is 16.5. The topological polar surface area (TPSA) is 39.3 Å². The predicted molar refractivity (Wildman–Crippen MR) is 85.9 cm³/mol. The molecule has 0 aromatic heterocycles. The maximum atomic E-state index is 12.4. The van der Waals surface area contributed by atoms with Crippen molar-refractivity contribution in [2.24, 2.45) is 0 Å². The molecule has 0 radical (unpaired) electrons. The summed E-state index contributed by atoms with van der Waals surface area (Å²) in [5.41, 5.74) is 0.198. The zero-order chi connectivity index (χ0) is 15.7. The molecule has 3 aliphatic heterocycles. The number of hydrogen-bond donors (Lipinski definition) is 0. The van der Waals surface area contributed by atoms with E-state index in [0.717, 1.165) is 59.0 Å². The number of hydrogen-bond acceptors (Lipinski definition) is 5. The monoisotopic (exact) mass is 310 g/mol. The highest BCUT2D eigenvalue weighted by Crippen LogP contribution is 2.31. The van der Waals surface area contributed by atoms with Gasteiger partial charge < -0.3 is 14.5 Å². The van der Waals surface area contributed by atoms with Crippen molar-refractivity contribution in [3.63, 3.8) is 0 Å². The Morgan fingerprint density at radius 3 is 2.45 bits per heavy atom. The normalized spacial score (nSPS) is 30.5. The van der Waals surface area contributed by atoms with E-state index in [9.17, 15) is 4.79 Å². The Hall–Kier alpha value is -0.690. The van der Waals surface area contributed by atoms with Gasteiger partial charge in [-0.25, -0.2) is 0 Å². The summed E-state index contributed by atoms with van der Waals surface area (Å²) in [7, 11) is 4.29. The number of morpholine rings is 1. The quantitative estimate of drug-likeness (QED) is 0.706. The van der Waals surface area contributed by atoms with E-state index in [2.05, 4.69) is 35.7 Å². The Kier molecular flexibility index (Phi) is 4.73. The van der Waals surface area contributed by atoms with Crippen LogP contribution in [0.5, 0.6) is 0 Å². The summed E-state index contributed by atoms with van der Waals surface area (Å²) in [5, 5.41) is 0. The second-order valence-electron chi connectivity index (χ2n) is 7.23. The number of ether oxygens (including phenoxy) is 1. The van der Waals surface area contributed by atoms with Crippen molar-refractivity contribution >= 4 is 5.91 Å². The number of amides is 1. The van der Waals surface area contributed by atoms with Gasteiger partial charge in [-0.2, -0.15) is 0 Å². The van der Waals surface area contributed by atoms with Crippen LogP contribution in [0.2, 0.25) is 0 Å². The van der Waals surface area contributed by atoms with Crippen LogP contribution in [0, 0.1) is 0 Å². The summed E-state index contributed by atoms with van der Waals surface area (Å²) in [6.45, 7) is 10.8. The zero-order valence-electron chi connectivity index (χ0n) is 14.3. The molecule has 1 spiro atoms. The Bertz CT molecular complexity index is 403. The van der Waals surface area contributed by atoms with Gasteiger partial charge in [-0.15, -0.1) is 0 Å². The molecule has 3 fully saturated rings. The molecule has 3 heterocycles. The molecule has 0 saturated carbocycles. The van der Waals surface area contributed by atoms with Crippen LogP contribution in [-0.2, 0) is 9.53 Å². The second kappa shape index (κ2) is 6.43. The van der Waals surface area contributed by atoms with Crippen molar-refractivity contribution in [3.05, 3.63) is 0 Å². The average molecular weight is 310 g/mol. The molecule has 22 heavy (non-hydrogen) atoms. The van der Waals surface area contributed by atoms with Crippen molar-refractivity contribution in [1.29, 1.82) is 0 Å². The summed E-state index contributed by atoms with van der Waals surface area (Å²) in [5.74, 6) is 0.256. The van der Waals surface area contributed by atoms with E-state index in [-0.39, 0.29) is 17.6 Å². The molecule has 1 unspecified atom stereocenters. The minimum atomic E-state index is 0.0541. The van der Waals surface area contributed by atoms with Gasteiger partial charge in [0, 0.05) is 45.8 Å². The van der Waals surface area contributed by atoms with Gasteiger partial charge in [0.25, 0.3) is 0 Å². The summed E-state index contributed by atoms with van der Waals surface area (Å²) < 4.78 is 6.06. The second-order valence-corrected chi connectivity index (χ2v) is 7.23. The SMILES string of the molecule is CCN1CC2(COC(CC(=O)N3CCN(C)CC3)CN2C)C1. The number of likely N-dealkylation sites (tertiary alicyclic amines) is 1. The van der Waals surface area contributed by atoms with Crippen LogP contribution in [0.25, 0.3) is 0 Å². The average Bonchev–Trinajstić information content (AvgIpc) is 2.46. The molecule has 3 saturated heterocycles. The van der Waals surface area contributed by atoms with E-state index < -0.39 is 0 Å². The van der Waals surface area contributed by atoms with Gasteiger partial charge in [-0.3, -0.25) is 14.6 Å². The molecular weight excluding hydrogens is 280 g/mol. The van der Waals surface area contributed by atoms with Gasteiger partial charge in [0.15, 0.2) is 0 Å². The predicted octanol–water partition coefficient (Wildman–Crippen LogP) is -0.445. The van der Waals surface area contributed by atoms with E-state index >= 15 is 0 Å². The van der Waals surface area contributed by atoms with E-state index in [1.165, 1.54) is 0 Å². The lowest BCUT2D eigenvalue weighted by Gasteiger charge is -2.57. The number of carbonyl (C=O) groups excluding carboxylic acids is 1. The van der Waals surface area contributed by atoms with Crippen LogP contribution in [0.3, 0.4) is 0 Å². The molecule has 1 atom stereocenters. The van der Waals surface area contributed by atoms with Crippen LogP contribution in [0.4, 0.5) is 0 Å². The van der Waals surface area contributed by atoms with Gasteiger partial charge in [0.1, 0.15) is 0 Å². The maximum Gasteiger partial charge on any atom is 0.225 e. The lowest BCUT2D eigenvalue weighted by molar-refractivity contribution is -0.166. The number of likely N-dealkylation sites (N-methyl/N-ethyl adjacent to an activating group) is 3. The first-order valence-corrected chi connectivity index (χ1v) is 8.54. The first-order chi connectivity index (χ1) is 10.5. The molecule has 3 rings (SSSR count). The molecule has 6 nitrogen and oxygen atoms in total. The van der Waals surface area contributed by atoms with Crippen molar-refractivity contribution in [2.45, 2.75) is 25.0 Å². The van der Waals surface area contributed by atoms with E-state index in [1.807, 2.05) is 4.90 Å². The van der Waals surface area contributed by atoms with E-state index in [4.69, 9.17) is 4.74 Å². The Labute approximate surface area is 134 Å². The van der Waals surface area contributed by atoms with Crippen molar-refractivity contribution in [1.82, 2.24) is 19.6 Å². The molecular formula is C16H30N4O2. The Morgan fingerprint density at radius 1 is 1.18 bits per heavy atom. The third kappa shape index (κ3) is 3.15. The number of piperazine rings is 1. The first kappa shape index (κ1) is 16.2. The summed E-state index contributed by atoms with van der Waals surface area (Å²) in [4.78, 5) is 21.6. The zero-order valence-corrected chi connectivity index (χ0v) is 14.3. The third-order valence-corrected chi connectivity index (χ3v) is 5.62. The van der Waals surface area contributed by atoms with Crippen LogP contribution in [-0.4, -0.2) is 110 Å². The van der Waals surface area contributed by atoms with Gasteiger partial charge >= 0.3 is 0 Å². The molecule has 0 N–H and O–H groups in total. The fraction of sp³-hybridized carbons (Fsp3) is 0.938. The summed E-state index contributed by atoms with van der Waals surface area (Å²) in [6.07, 6.45) is 0.584. The number of rotatable bonds is 3.